The Morgan fingerprint density at radius 2 is 2.07 bits per heavy atom. The van der Waals surface area contributed by atoms with Crippen molar-refractivity contribution in [2.75, 3.05) is 51.8 Å². The Morgan fingerprint density at radius 1 is 1.30 bits per heavy atom. The van der Waals surface area contributed by atoms with Gasteiger partial charge in [0.25, 0.3) is 5.91 Å². The zero-order valence-electron chi connectivity index (χ0n) is 16.2. The average Bonchev–Trinajstić information content (AvgIpc) is 2.69. The highest BCUT2D eigenvalue weighted by Gasteiger charge is 2.42. The molecule has 1 aromatic rings. The Hall–Kier alpha value is -2.22. The highest BCUT2D eigenvalue weighted by Crippen LogP contribution is 2.39. The van der Waals surface area contributed by atoms with Crippen molar-refractivity contribution >= 4 is 17.8 Å². The number of anilines is 1. The lowest BCUT2D eigenvalue weighted by Crippen LogP contribution is -2.55. The average molecular weight is 375 g/mol. The molecule has 2 fully saturated rings. The van der Waals surface area contributed by atoms with E-state index in [0.29, 0.717) is 44.2 Å². The molecule has 27 heavy (non-hydrogen) atoms. The normalized spacial score (nSPS) is 23.0. The van der Waals surface area contributed by atoms with Gasteiger partial charge in [-0.3, -0.25) is 9.59 Å². The van der Waals surface area contributed by atoms with Crippen LogP contribution in [0.2, 0.25) is 0 Å². The number of nitrogens with one attached hydrogen (secondary N) is 1. The smallest absolute Gasteiger partial charge is 0.257 e. The number of ether oxygens (including phenoxy) is 1. The Bertz CT molecular complexity index is 666. The van der Waals surface area contributed by atoms with Gasteiger partial charge in [-0.2, -0.15) is 0 Å². The first-order valence-corrected chi connectivity index (χ1v) is 9.69. The molecule has 0 radical (unpaired) electrons. The molecule has 148 valence electrons. The molecule has 0 aromatic carbocycles. The van der Waals surface area contributed by atoms with Gasteiger partial charge in [-0.15, -0.1) is 0 Å². The predicted molar refractivity (Wildman–Crippen MR) is 101 cm³/mol. The lowest BCUT2D eigenvalue weighted by atomic mass is 9.73. The summed E-state index contributed by atoms with van der Waals surface area (Å²) in [7, 11) is 1.65. The number of carbonyl (C=O) groups is 2. The number of hydrogen-bond acceptors (Lipinski definition) is 6. The van der Waals surface area contributed by atoms with Gasteiger partial charge in [0.05, 0.1) is 12.2 Å². The van der Waals surface area contributed by atoms with Crippen molar-refractivity contribution < 1.29 is 14.3 Å². The van der Waals surface area contributed by atoms with E-state index in [1.807, 2.05) is 16.7 Å². The molecule has 2 aliphatic rings. The van der Waals surface area contributed by atoms with Gasteiger partial charge in [0.2, 0.25) is 11.9 Å². The molecule has 8 heteroatoms. The Labute approximate surface area is 160 Å². The van der Waals surface area contributed by atoms with Gasteiger partial charge in [0.15, 0.2) is 0 Å². The SMILES string of the molecule is CCNc1ncc(C(=O)N2CCC[C@@]3(CCC(=O)N(CCOC)C3)C2)cn1. The fourth-order valence-corrected chi connectivity index (χ4v) is 4.09. The topological polar surface area (TPSA) is 87.7 Å². The van der Waals surface area contributed by atoms with Gasteiger partial charge >= 0.3 is 0 Å². The molecule has 1 spiro atoms. The minimum absolute atomic E-state index is 0.0138. The van der Waals surface area contributed by atoms with Crippen LogP contribution in [0.1, 0.15) is 43.0 Å². The molecule has 0 saturated carbocycles. The summed E-state index contributed by atoms with van der Waals surface area (Å²) in [5.74, 6) is 0.690. The van der Waals surface area contributed by atoms with Crippen molar-refractivity contribution in [3.05, 3.63) is 18.0 Å². The number of hydrogen-bond donors (Lipinski definition) is 1. The van der Waals surface area contributed by atoms with Crippen LogP contribution in [0.3, 0.4) is 0 Å². The molecule has 0 unspecified atom stereocenters. The fraction of sp³-hybridized carbons (Fsp3) is 0.684. The zero-order valence-corrected chi connectivity index (χ0v) is 16.2. The quantitative estimate of drug-likeness (QED) is 0.809. The van der Waals surface area contributed by atoms with E-state index in [2.05, 4.69) is 15.3 Å². The second-order valence-corrected chi connectivity index (χ2v) is 7.46. The molecule has 0 aliphatic carbocycles. The highest BCUT2D eigenvalue weighted by molar-refractivity contribution is 5.93. The number of piperidine rings is 2. The summed E-state index contributed by atoms with van der Waals surface area (Å²) in [6.07, 6.45) is 6.56. The number of methoxy groups -OCH3 is 1. The first-order chi connectivity index (χ1) is 13.1. The third-order valence-electron chi connectivity index (χ3n) is 5.50. The second-order valence-electron chi connectivity index (χ2n) is 7.46. The molecule has 0 bridgehead atoms. The minimum Gasteiger partial charge on any atom is -0.383 e. The van der Waals surface area contributed by atoms with Gasteiger partial charge in [0.1, 0.15) is 0 Å². The molecule has 2 saturated heterocycles. The lowest BCUT2D eigenvalue weighted by Gasteiger charge is -2.48. The van der Waals surface area contributed by atoms with Gasteiger partial charge in [-0.25, -0.2) is 9.97 Å². The molecule has 1 aromatic heterocycles. The maximum absolute atomic E-state index is 12.9. The van der Waals surface area contributed by atoms with Gasteiger partial charge in [-0.05, 0) is 26.2 Å². The highest BCUT2D eigenvalue weighted by atomic mass is 16.5. The van der Waals surface area contributed by atoms with Crippen molar-refractivity contribution in [1.29, 1.82) is 0 Å². The summed E-state index contributed by atoms with van der Waals surface area (Å²) in [5, 5.41) is 3.03. The molecule has 2 amide bonds. The standard InChI is InChI=1S/C19H29N5O3/c1-3-20-18-21-11-15(12-22-18)17(26)24-8-4-6-19(14-24)7-5-16(25)23(13-19)9-10-27-2/h11-12H,3-10,13-14H2,1-2H3,(H,20,21,22)/t19-/m0/s1. The van der Waals surface area contributed by atoms with Crippen LogP contribution in [0.5, 0.6) is 0 Å². The van der Waals surface area contributed by atoms with E-state index >= 15 is 0 Å². The summed E-state index contributed by atoms with van der Waals surface area (Å²) in [5.41, 5.74) is 0.497. The first kappa shape index (κ1) is 19.5. The van der Waals surface area contributed by atoms with Gasteiger partial charge in [-0.1, -0.05) is 0 Å². The Kier molecular flexibility index (Phi) is 6.26. The van der Waals surface area contributed by atoms with Gasteiger partial charge < -0.3 is 19.9 Å². The van der Waals surface area contributed by atoms with Crippen molar-refractivity contribution in [3.8, 4) is 0 Å². The lowest BCUT2D eigenvalue weighted by molar-refractivity contribution is -0.139. The van der Waals surface area contributed by atoms with E-state index in [1.54, 1.807) is 19.5 Å². The van der Waals surface area contributed by atoms with E-state index in [9.17, 15) is 9.59 Å². The largest absolute Gasteiger partial charge is 0.383 e. The van der Waals surface area contributed by atoms with Crippen LogP contribution in [0.4, 0.5) is 5.95 Å². The van der Waals surface area contributed by atoms with E-state index in [1.165, 1.54) is 0 Å². The molecule has 8 nitrogen and oxygen atoms in total. The van der Waals surface area contributed by atoms with Gasteiger partial charge in [0, 0.05) is 64.1 Å². The second kappa shape index (κ2) is 8.65. The van der Waals surface area contributed by atoms with Crippen LogP contribution in [0.25, 0.3) is 0 Å². The van der Waals surface area contributed by atoms with Crippen LogP contribution < -0.4 is 5.32 Å². The monoisotopic (exact) mass is 375 g/mol. The Balaban J connectivity index is 1.67. The van der Waals surface area contributed by atoms with Crippen LogP contribution in [0.15, 0.2) is 12.4 Å². The molecular weight excluding hydrogens is 346 g/mol. The molecule has 1 N–H and O–H groups in total. The summed E-state index contributed by atoms with van der Waals surface area (Å²) < 4.78 is 5.14. The van der Waals surface area contributed by atoms with Crippen molar-refractivity contribution in [1.82, 2.24) is 19.8 Å². The molecule has 3 heterocycles. The maximum Gasteiger partial charge on any atom is 0.257 e. The summed E-state index contributed by atoms with van der Waals surface area (Å²) in [4.78, 5) is 37.4. The third kappa shape index (κ3) is 4.55. The van der Waals surface area contributed by atoms with Crippen LogP contribution >= 0.6 is 0 Å². The maximum atomic E-state index is 12.9. The van der Waals surface area contributed by atoms with Crippen molar-refractivity contribution in [3.63, 3.8) is 0 Å². The van der Waals surface area contributed by atoms with Crippen LogP contribution in [-0.4, -0.2) is 78.0 Å². The zero-order chi connectivity index (χ0) is 19.3. The summed E-state index contributed by atoms with van der Waals surface area (Å²) in [6.45, 7) is 5.99. The predicted octanol–water partition coefficient (Wildman–Crippen LogP) is 1.40. The molecule has 1 atom stereocenters. The Morgan fingerprint density at radius 3 is 2.78 bits per heavy atom. The first-order valence-electron chi connectivity index (χ1n) is 9.69. The third-order valence-corrected chi connectivity index (χ3v) is 5.50. The summed E-state index contributed by atoms with van der Waals surface area (Å²) in [6, 6.07) is 0. The minimum atomic E-state index is -0.0301. The summed E-state index contributed by atoms with van der Waals surface area (Å²) >= 11 is 0. The number of rotatable bonds is 6. The number of likely N-dealkylation sites (tertiary alicyclic amines) is 2. The molecular formula is C19H29N5O3. The number of nitrogens with zero attached hydrogens (tertiary/aromatic N) is 4. The fourth-order valence-electron chi connectivity index (χ4n) is 4.09. The number of amides is 2. The van der Waals surface area contributed by atoms with Crippen molar-refractivity contribution in [2.24, 2.45) is 5.41 Å². The van der Waals surface area contributed by atoms with E-state index in [4.69, 9.17) is 4.74 Å². The number of aromatic nitrogens is 2. The van der Waals surface area contributed by atoms with Crippen LogP contribution in [0, 0.1) is 5.41 Å². The van der Waals surface area contributed by atoms with E-state index < -0.39 is 0 Å². The van der Waals surface area contributed by atoms with Crippen LogP contribution in [-0.2, 0) is 9.53 Å². The van der Waals surface area contributed by atoms with E-state index in [0.717, 1.165) is 32.4 Å². The van der Waals surface area contributed by atoms with E-state index in [-0.39, 0.29) is 17.2 Å². The number of carbonyl (C=O) groups excluding carboxylic acids is 2. The van der Waals surface area contributed by atoms with Crippen molar-refractivity contribution in [2.45, 2.75) is 32.6 Å². The molecule has 3 rings (SSSR count). The molecule has 2 aliphatic heterocycles.